The molecule has 0 aromatic carbocycles. The molecule has 0 spiro atoms. The summed E-state index contributed by atoms with van der Waals surface area (Å²) in [6.45, 7) is 7.85. The lowest BCUT2D eigenvalue weighted by molar-refractivity contribution is -0.148. The quantitative estimate of drug-likeness (QED) is 0.514. The van der Waals surface area contributed by atoms with E-state index in [1.54, 1.807) is 6.08 Å². The van der Waals surface area contributed by atoms with Crippen molar-refractivity contribution in [3.63, 3.8) is 0 Å². The molecular weight excluding hydrogens is 212 g/mol. The topological polar surface area (TPSA) is 26.3 Å². The molecule has 0 N–H and O–H groups in total. The molecule has 0 amide bonds. The lowest BCUT2D eigenvalue weighted by atomic mass is 9.85. The van der Waals surface area contributed by atoms with Gasteiger partial charge in [0.15, 0.2) is 0 Å². The average Bonchev–Trinajstić information content (AvgIpc) is 2.28. The molecule has 1 saturated carbocycles. The maximum atomic E-state index is 11.6. The van der Waals surface area contributed by atoms with Crippen molar-refractivity contribution in [2.75, 3.05) is 0 Å². The van der Waals surface area contributed by atoms with Crippen LogP contribution in [0.5, 0.6) is 0 Å². The van der Waals surface area contributed by atoms with Crippen LogP contribution in [0.2, 0.25) is 0 Å². The highest BCUT2D eigenvalue weighted by Crippen LogP contribution is 2.28. The molecule has 0 aromatic rings. The number of hydrogen-bond donors (Lipinski definition) is 0. The van der Waals surface area contributed by atoms with Gasteiger partial charge in [0.2, 0.25) is 0 Å². The molecule has 0 radical (unpaired) electrons. The molecule has 1 aliphatic carbocycles. The minimum atomic E-state index is -0.0827. The number of carbonyl (C=O) groups is 1. The van der Waals surface area contributed by atoms with Crippen LogP contribution >= 0.6 is 0 Å². The van der Waals surface area contributed by atoms with E-state index in [9.17, 15) is 4.79 Å². The van der Waals surface area contributed by atoms with Gasteiger partial charge in [-0.15, -0.1) is 0 Å². The van der Waals surface area contributed by atoms with Crippen LogP contribution in [0.3, 0.4) is 0 Å². The van der Waals surface area contributed by atoms with Crippen molar-refractivity contribution in [1.29, 1.82) is 0 Å². The molecule has 0 bridgehead atoms. The molecule has 2 heteroatoms. The summed E-state index contributed by atoms with van der Waals surface area (Å²) in [7, 11) is 0. The smallest absolute Gasteiger partial charge is 0.306 e. The van der Waals surface area contributed by atoms with Crippen LogP contribution in [0.15, 0.2) is 12.7 Å². The van der Waals surface area contributed by atoms with E-state index in [2.05, 4.69) is 6.58 Å². The summed E-state index contributed by atoms with van der Waals surface area (Å²) in [5.74, 6) is 1.00. The van der Waals surface area contributed by atoms with Crippen LogP contribution in [0.25, 0.3) is 0 Å². The van der Waals surface area contributed by atoms with Crippen LogP contribution < -0.4 is 0 Å². The van der Waals surface area contributed by atoms with E-state index in [0.29, 0.717) is 12.3 Å². The Hall–Kier alpha value is -0.790. The minimum absolute atomic E-state index is 0.0793. The van der Waals surface area contributed by atoms with Crippen LogP contribution in [0.4, 0.5) is 0 Å². The second kappa shape index (κ2) is 7.52. The fraction of sp³-hybridized carbons (Fsp3) is 0.800. The Balaban J connectivity index is 2.31. The van der Waals surface area contributed by atoms with Crippen LogP contribution in [0.1, 0.15) is 58.8 Å². The third-order valence-corrected chi connectivity index (χ3v) is 3.41. The number of hydrogen-bond acceptors (Lipinski definition) is 2. The second-order valence-electron chi connectivity index (χ2n) is 5.60. The Morgan fingerprint density at radius 1 is 1.35 bits per heavy atom. The van der Waals surface area contributed by atoms with Gasteiger partial charge < -0.3 is 4.74 Å². The van der Waals surface area contributed by atoms with Crippen molar-refractivity contribution in [2.24, 2.45) is 11.8 Å². The van der Waals surface area contributed by atoms with Crippen molar-refractivity contribution in [3.05, 3.63) is 12.7 Å². The zero-order valence-corrected chi connectivity index (χ0v) is 11.3. The minimum Gasteiger partial charge on any atom is -0.458 e. The largest absolute Gasteiger partial charge is 0.458 e. The lowest BCUT2D eigenvalue weighted by Crippen LogP contribution is -2.21. The van der Waals surface area contributed by atoms with Gasteiger partial charge in [0.05, 0.1) is 0 Å². The fourth-order valence-electron chi connectivity index (χ4n) is 2.49. The highest BCUT2D eigenvalue weighted by Gasteiger charge is 2.20. The van der Waals surface area contributed by atoms with Crippen molar-refractivity contribution in [2.45, 2.75) is 64.9 Å². The van der Waals surface area contributed by atoms with Crippen molar-refractivity contribution < 1.29 is 9.53 Å². The Morgan fingerprint density at radius 2 is 2.00 bits per heavy atom. The summed E-state index contributed by atoms with van der Waals surface area (Å²) in [5, 5.41) is 0. The normalized spacial score (nSPS) is 19.0. The van der Waals surface area contributed by atoms with Gasteiger partial charge in [0, 0.05) is 6.42 Å². The molecule has 1 fully saturated rings. The van der Waals surface area contributed by atoms with Gasteiger partial charge in [-0.25, -0.2) is 0 Å². The maximum absolute atomic E-state index is 11.6. The molecule has 0 saturated heterocycles. The van der Waals surface area contributed by atoms with E-state index < -0.39 is 0 Å². The van der Waals surface area contributed by atoms with E-state index in [1.165, 1.54) is 32.1 Å². The van der Waals surface area contributed by atoms with Gasteiger partial charge in [0.1, 0.15) is 6.10 Å². The van der Waals surface area contributed by atoms with Gasteiger partial charge in [-0.3, -0.25) is 4.79 Å². The summed E-state index contributed by atoms with van der Waals surface area (Å²) in [5.41, 5.74) is 0. The molecule has 98 valence electrons. The van der Waals surface area contributed by atoms with Gasteiger partial charge in [-0.2, -0.15) is 0 Å². The van der Waals surface area contributed by atoms with Gasteiger partial charge in [0.25, 0.3) is 0 Å². The molecule has 1 rings (SSSR count). The summed E-state index contributed by atoms with van der Waals surface area (Å²) in [6, 6.07) is 0. The number of rotatable bonds is 6. The zero-order chi connectivity index (χ0) is 12.7. The van der Waals surface area contributed by atoms with Crippen molar-refractivity contribution in [1.82, 2.24) is 0 Å². The van der Waals surface area contributed by atoms with Gasteiger partial charge in [-0.05, 0) is 18.3 Å². The zero-order valence-electron chi connectivity index (χ0n) is 11.3. The molecule has 0 heterocycles. The first-order chi connectivity index (χ1) is 8.11. The fourth-order valence-corrected chi connectivity index (χ4v) is 2.49. The molecule has 0 aromatic heterocycles. The number of carbonyl (C=O) groups excluding carboxylic acids is 1. The summed E-state index contributed by atoms with van der Waals surface area (Å²) in [6.07, 6.45) is 9.77. The maximum Gasteiger partial charge on any atom is 0.306 e. The second-order valence-corrected chi connectivity index (χ2v) is 5.60. The number of esters is 1. The molecule has 1 aliphatic rings. The molecule has 2 nitrogen and oxygen atoms in total. The Labute approximate surface area is 105 Å². The first kappa shape index (κ1) is 14.3. The van der Waals surface area contributed by atoms with E-state index in [4.69, 9.17) is 4.74 Å². The first-order valence-corrected chi connectivity index (χ1v) is 6.94. The van der Waals surface area contributed by atoms with E-state index in [1.807, 2.05) is 13.8 Å². The van der Waals surface area contributed by atoms with E-state index in [-0.39, 0.29) is 12.1 Å². The Kier molecular flexibility index (Phi) is 6.31. The van der Waals surface area contributed by atoms with Gasteiger partial charge in [-0.1, -0.05) is 58.6 Å². The third-order valence-electron chi connectivity index (χ3n) is 3.41. The molecule has 1 unspecified atom stereocenters. The van der Waals surface area contributed by atoms with Crippen LogP contribution in [0, 0.1) is 11.8 Å². The summed E-state index contributed by atoms with van der Waals surface area (Å²) >= 11 is 0. The third kappa shape index (κ3) is 5.90. The highest BCUT2D eigenvalue weighted by atomic mass is 16.5. The monoisotopic (exact) mass is 238 g/mol. The predicted octanol–water partition coefficient (Wildman–Crippen LogP) is 4.10. The summed E-state index contributed by atoms with van der Waals surface area (Å²) in [4.78, 5) is 11.6. The molecule has 17 heavy (non-hydrogen) atoms. The average molecular weight is 238 g/mol. The van der Waals surface area contributed by atoms with Crippen molar-refractivity contribution in [3.8, 4) is 0 Å². The van der Waals surface area contributed by atoms with Crippen molar-refractivity contribution >= 4 is 5.97 Å². The Morgan fingerprint density at radius 3 is 2.53 bits per heavy atom. The van der Waals surface area contributed by atoms with E-state index >= 15 is 0 Å². The Bertz CT molecular complexity index is 239. The lowest BCUT2D eigenvalue weighted by Gasteiger charge is -2.25. The van der Waals surface area contributed by atoms with Crippen LogP contribution in [-0.4, -0.2) is 12.1 Å². The van der Waals surface area contributed by atoms with Gasteiger partial charge >= 0.3 is 5.97 Å². The SMILES string of the molecule is C=CC(CC1CCCCC1)OC(=O)CC(C)C. The molecule has 1 atom stereocenters. The first-order valence-electron chi connectivity index (χ1n) is 6.94. The molecular formula is C15H26O2. The predicted molar refractivity (Wildman–Crippen MR) is 70.7 cm³/mol. The summed E-state index contributed by atoms with van der Waals surface area (Å²) < 4.78 is 5.46. The standard InChI is InChI=1S/C15H26O2/c1-4-14(17-15(16)10-12(2)3)11-13-8-6-5-7-9-13/h4,12-14H,1,5-11H2,2-3H3. The molecule has 0 aliphatic heterocycles. The highest BCUT2D eigenvalue weighted by molar-refractivity contribution is 5.69. The van der Waals surface area contributed by atoms with Crippen LogP contribution in [-0.2, 0) is 9.53 Å². The van der Waals surface area contributed by atoms with E-state index in [0.717, 1.165) is 12.3 Å². The number of ether oxygens (including phenoxy) is 1.